The van der Waals surface area contributed by atoms with E-state index in [2.05, 4.69) is 30.9 Å². The zero-order chi connectivity index (χ0) is 28.9. The van der Waals surface area contributed by atoms with Crippen LogP contribution in [0.25, 0.3) is 0 Å². The number of aromatic nitrogens is 3. The number of nitrogens with one attached hydrogen (secondary N) is 3. The third-order valence-corrected chi connectivity index (χ3v) is 7.25. The predicted molar refractivity (Wildman–Crippen MR) is 143 cm³/mol. The molecule has 4 rings (SSSR count). The molecule has 1 unspecified atom stereocenters. The van der Waals surface area contributed by atoms with Gasteiger partial charge in [-0.25, -0.2) is 18.4 Å². The minimum atomic E-state index is -4.76. The van der Waals surface area contributed by atoms with Gasteiger partial charge in [0.2, 0.25) is 16.0 Å². The lowest BCUT2D eigenvalue weighted by atomic mass is 10.1. The lowest BCUT2D eigenvalue weighted by Crippen LogP contribution is -2.40. The van der Waals surface area contributed by atoms with Crippen LogP contribution in [0.3, 0.4) is 0 Å². The van der Waals surface area contributed by atoms with Crippen molar-refractivity contribution in [2.45, 2.75) is 31.6 Å². The molecule has 0 saturated carbocycles. The van der Waals surface area contributed by atoms with Crippen LogP contribution in [0.15, 0.2) is 48.8 Å². The van der Waals surface area contributed by atoms with Crippen LogP contribution in [0.1, 0.15) is 34.3 Å². The van der Waals surface area contributed by atoms with Crippen LogP contribution in [0.4, 0.5) is 36.4 Å². The first kappa shape index (κ1) is 29.0. The van der Waals surface area contributed by atoms with E-state index in [0.717, 1.165) is 23.4 Å². The number of pyridine rings is 1. The van der Waals surface area contributed by atoms with E-state index in [1.165, 1.54) is 19.3 Å². The fourth-order valence-corrected chi connectivity index (χ4v) is 4.44. The van der Waals surface area contributed by atoms with Crippen LogP contribution < -0.4 is 20.3 Å². The summed E-state index contributed by atoms with van der Waals surface area (Å²) >= 11 is 0. The molecule has 1 fully saturated rings. The van der Waals surface area contributed by atoms with Crippen molar-refractivity contribution < 1.29 is 31.1 Å². The number of sulfonamides is 1. The van der Waals surface area contributed by atoms with Gasteiger partial charge in [-0.3, -0.25) is 9.10 Å². The molecule has 1 saturated heterocycles. The van der Waals surface area contributed by atoms with Gasteiger partial charge in [0, 0.05) is 49.4 Å². The van der Waals surface area contributed by atoms with Crippen LogP contribution >= 0.6 is 0 Å². The van der Waals surface area contributed by atoms with E-state index < -0.39 is 27.6 Å². The number of anilines is 4. The predicted octanol–water partition coefficient (Wildman–Crippen LogP) is 3.55. The van der Waals surface area contributed by atoms with E-state index in [4.69, 9.17) is 4.74 Å². The summed E-state index contributed by atoms with van der Waals surface area (Å²) in [5, 5.41) is 8.38. The number of carbonyl (C=O) groups is 1. The Labute approximate surface area is 229 Å². The van der Waals surface area contributed by atoms with E-state index in [0.29, 0.717) is 36.2 Å². The van der Waals surface area contributed by atoms with E-state index in [9.17, 15) is 26.4 Å². The number of ether oxygens (including phenoxy) is 1. The van der Waals surface area contributed by atoms with Crippen molar-refractivity contribution in [2.75, 3.05) is 41.5 Å². The third-order valence-electron chi connectivity index (χ3n) is 6.08. The molecule has 1 aliphatic heterocycles. The summed E-state index contributed by atoms with van der Waals surface area (Å²) < 4.78 is 71.5. The summed E-state index contributed by atoms with van der Waals surface area (Å²) in [5.41, 5.74) is -0.0379. The van der Waals surface area contributed by atoms with Crippen molar-refractivity contribution in [3.63, 3.8) is 0 Å². The Bertz CT molecular complexity index is 1460. The molecule has 0 bridgehead atoms. The SMILES string of the molecule is CN(c1ncccc1CNc1nc(Nc2cccc(C(=O)NC3CCCOC3)c2)ncc1C(F)(F)F)S(C)(=O)=O. The summed E-state index contributed by atoms with van der Waals surface area (Å²) in [5.74, 6) is -0.907. The minimum Gasteiger partial charge on any atom is -0.379 e. The topological polar surface area (TPSA) is 138 Å². The molecule has 1 aliphatic rings. The van der Waals surface area contributed by atoms with Gasteiger partial charge in [0.25, 0.3) is 5.91 Å². The molecule has 0 radical (unpaired) electrons. The highest BCUT2D eigenvalue weighted by atomic mass is 32.2. The maximum absolute atomic E-state index is 13.7. The van der Waals surface area contributed by atoms with Crippen LogP contribution in [0.5, 0.6) is 0 Å². The molecular weight excluding hydrogens is 551 g/mol. The summed E-state index contributed by atoms with van der Waals surface area (Å²) in [4.78, 5) is 24.6. The monoisotopic (exact) mass is 579 g/mol. The highest BCUT2D eigenvalue weighted by Crippen LogP contribution is 2.34. The van der Waals surface area contributed by atoms with Crippen molar-refractivity contribution in [1.82, 2.24) is 20.3 Å². The van der Waals surface area contributed by atoms with Gasteiger partial charge in [0.15, 0.2) is 0 Å². The number of benzene rings is 1. The number of nitrogens with zero attached hydrogens (tertiary/aromatic N) is 4. The molecule has 0 spiro atoms. The summed E-state index contributed by atoms with van der Waals surface area (Å²) in [6.07, 6.45) is -0.0839. The van der Waals surface area contributed by atoms with Crippen molar-refractivity contribution in [3.8, 4) is 0 Å². The fourth-order valence-electron chi connectivity index (χ4n) is 3.96. The minimum absolute atomic E-state index is 0.0633. The summed E-state index contributed by atoms with van der Waals surface area (Å²) in [6, 6.07) is 9.39. The normalized spacial score (nSPS) is 15.8. The lowest BCUT2D eigenvalue weighted by Gasteiger charge is -2.23. The summed E-state index contributed by atoms with van der Waals surface area (Å²) in [6.45, 7) is 0.893. The molecule has 11 nitrogen and oxygen atoms in total. The quantitative estimate of drug-likeness (QED) is 0.347. The van der Waals surface area contributed by atoms with Gasteiger partial charge in [-0.1, -0.05) is 12.1 Å². The molecule has 214 valence electrons. The average molecular weight is 580 g/mol. The van der Waals surface area contributed by atoms with Gasteiger partial charge in [0.05, 0.1) is 18.9 Å². The number of amides is 1. The first-order chi connectivity index (χ1) is 18.9. The van der Waals surface area contributed by atoms with Crippen LogP contribution in [-0.4, -0.2) is 61.8 Å². The second kappa shape index (κ2) is 12.0. The zero-order valence-electron chi connectivity index (χ0n) is 21.7. The first-order valence-corrected chi connectivity index (χ1v) is 14.1. The number of hydrogen-bond donors (Lipinski definition) is 3. The molecule has 0 aliphatic carbocycles. The first-order valence-electron chi connectivity index (χ1n) is 12.2. The van der Waals surface area contributed by atoms with Crippen molar-refractivity contribution in [3.05, 3.63) is 65.5 Å². The van der Waals surface area contributed by atoms with E-state index in [-0.39, 0.29) is 30.3 Å². The molecular formula is C25H28F3N7O4S. The number of halogens is 3. The third kappa shape index (κ3) is 7.35. The van der Waals surface area contributed by atoms with E-state index in [1.807, 2.05) is 0 Å². The largest absolute Gasteiger partial charge is 0.421 e. The molecule has 1 amide bonds. The second-order valence-electron chi connectivity index (χ2n) is 9.12. The number of rotatable bonds is 9. The van der Waals surface area contributed by atoms with Gasteiger partial charge in [-0.15, -0.1) is 0 Å². The standard InChI is InChI=1S/C25H28F3N7O4S/c1-35(40(2,37)38)22-17(7-4-10-29-22)13-30-21-20(25(26,27)28)14-31-24(34-21)33-18-8-3-6-16(12-18)23(36)32-19-9-5-11-39-15-19/h3-4,6-8,10,12,14,19H,5,9,11,13,15H2,1-2H3,(H,32,36)(H2,30,31,33,34). The Morgan fingerprint density at radius 3 is 2.70 bits per heavy atom. The maximum atomic E-state index is 13.7. The Kier molecular flexibility index (Phi) is 8.73. The smallest absolute Gasteiger partial charge is 0.379 e. The van der Waals surface area contributed by atoms with E-state index in [1.54, 1.807) is 30.3 Å². The van der Waals surface area contributed by atoms with Gasteiger partial charge >= 0.3 is 6.18 Å². The lowest BCUT2D eigenvalue weighted by molar-refractivity contribution is -0.137. The van der Waals surface area contributed by atoms with E-state index >= 15 is 0 Å². The highest BCUT2D eigenvalue weighted by molar-refractivity contribution is 7.92. The molecule has 3 heterocycles. The van der Waals surface area contributed by atoms with Gasteiger partial charge in [-0.2, -0.15) is 18.2 Å². The highest BCUT2D eigenvalue weighted by Gasteiger charge is 2.35. The number of carbonyl (C=O) groups excluding carboxylic acids is 1. The van der Waals surface area contributed by atoms with Crippen molar-refractivity contribution in [1.29, 1.82) is 0 Å². The molecule has 3 N–H and O–H groups in total. The molecule has 3 aromatic rings. The second-order valence-corrected chi connectivity index (χ2v) is 11.1. The molecule has 1 aromatic carbocycles. The Morgan fingerprint density at radius 2 is 2.00 bits per heavy atom. The Balaban J connectivity index is 1.54. The average Bonchev–Trinajstić information content (AvgIpc) is 2.91. The number of alkyl halides is 3. The van der Waals surface area contributed by atoms with Crippen LogP contribution in [0.2, 0.25) is 0 Å². The van der Waals surface area contributed by atoms with Crippen molar-refractivity contribution in [2.24, 2.45) is 0 Å². The van der Waals surface area contributed by atoms with Gasteiger partial charge in [0.1, 0.15) is 17.2 Å². The van der Waals surface area contributed by atoms with Gasteiger partial charge < -0.3 is 20.7 Å². The van der Waals surface area contributed by atoms with Crippen LogP contribution in [-0.2, 0) is 27.5 Å². The Morgan fingerprint density at radius 1 is 1.20 bits per heavy atom. The zero-order valence-corrected chi connectivity index (χ0v) is 22.5. The number of hydrogen-bond acceptors (Lipinski definition) is 9. The van der Waals surface area contributed by atoms with Crippen LogP contribution in [0, 0.1) is 0 Å². The molecule has 40 heavy (non-hydrogen) atoms. The molecule has 15 heteroatoms. The maximum Gasteiger partial charge on any atom is 0.421 e. The molecule has 2 aromatic heterocycles. The fraction of sp³-hybridized carbons (Fsp3) is 0.360. The summed E-state index contributed by atoms with van der Waals surface area (Å²) in [7, 11) is -2.36. The Hall–Kier alpha value is -3.98. The van der Waals surface area contributed by atoms with Gasteiger partial charge in [-0.05, 0) is 37.1 Å². The van der Waals surface area contributed by atoms with Crippen molar-refractivity contribution >= 4 is 39.2 Å². The molecule has 1 atom stereocenters.